The van der Waals surface area contributed by atoms with E-state index < -0.39 is 28.0 Å². The lowest BCUT2D eigenvalue weighted by Crippen LogP contribution is -2.40. The van der Waals surface area contributed by atoms with Crippen LogP contribution in [0.5, 0.6) is 5.75 Å². The summed E-state index contributed by atoms with van der Waals surface area (Å²) in [4.78, 5) is 11.2. The summed E-state index contributed by atoms with van der Waals surface area (Å²) in [6, 6.07) is 6.17. The van der Waals surface area contributed by atoms with Crippen molar-refractivity contribution in [1.29, 1.82) is 0 Å². The van der Waals surface area contributed by atoms with Gasteiger partial charge in [0.25, 0.3) is 0 Å². The maximum Gasteiger partial charge on any atom is 0.511 e. The highest BCUT2D eigenvalue weighted by molar-refractivity contribution is 14.1. The first-order valence-electron chi connectivity index (χ1n) is 4.64. The van der Waals surface area contributed by atoms with Gasteiger partial charge in [-0.05, 0) is 40.8 Å². The number of carbonyl (C=O) groups excluding carboxylic acids is 1. The summed E-state index contributed by atoms with van der Waals surface area (Å²) in [7, 11) is -5.55. The van der Waals surface area contributed by atoms with Crippen molar-refractivity contribution in [2.45, 2.75) is 5.51 Å². The number of ether oxygens (including phenoxy) is 1. The molecule has 106 valence electrons. The van der Waals surface area contributed by atoms with Crippen LogP contribution in [0.4, 0.5) is 13.2 Å². The molecule has 0 aromatic heterocycles. The fourth-order valence-corrected chi connectivity index (χ4v) is 1.92. The van der Waals surface area contributed by atoms with Crippen LogP contribution in [-0.2, 0) is 14.8 Å². The third kappa shape index (κ3) is 4.95. The molecule has 1 N–H and O–H groups in total. The van der Waals surface area contributed by atoms with E-state index in [1.807, 2.05) is 22.6 Å². The van der Waals surface area contributed by atoms with Crippen molar-refractivity contribution < 1.29 is 31.1 Å². The highest BCUT2D eigenvalue weighted by Gasteiger charge is 2.45. The maximum absolute atomic E-state index is 12.0. The third-order valence-corrected chi connectivity index (χ3v) is 3.54. The molecular weight excluding hydrogens is 402 g/mol. The second-order valence-corrected chi connectivity index (χ2v) is 6.21. The number of halogens is 4. The largest absolute Gasteiger partial charge is 0.511 e. The number of sulfonamides is 1. The van der Waals surface area contributed by atoms with Crippen LogP contribution in [-0.4, -0.2) is 26.4 Å². The SMILES string of the molecule is O=C(CNS(=O)(=O)C(F)(F)F)Oc1cccc(I)c1. The van der Waals surface area contributed by atoms with E-state index in [2.05, 4.69) is 4.74 Å². The Labute approximate surface area is 120 Å². The summed E-state index contributed by atoms with van der Waals surface area (Å²) in [5.41, 5.74) is -5.46. The topological polar surface area (TPSA) is 72.5 Å². The number of benzene rings is 1. The van der Waals surface area contributed by atoms with E-state index in [1.54, 1.807) is 12.1 Å². The van der Waals surface area contributed by atoms with Gasteiger partial charge >= 0.3 is 21.5 Å². The molecule has 5 nitrogen and oxygen atoms in total. The van der Waals surface area contributed by atoms with E-state index in [-0.39, 0.29) is 5.75 Å². The molecule has 0 spiro atoms. The average molecular weight is 409 g/mol. The van der Waals surface area contributed by atoms with Crippen LogP contribution in [0.2, 0.25) is 0 Å². The molecule has 0 radical (unpaired) electrons. The van der Waals surface area contributed by atoms with Gasteiger partial charge in [0.05, 0.1) is 0 Å². The van der Waals surface area contributed by atoms with Gasteiger partial charge in [0, 0.05) is 3.57 Å². The number of rotatable bonds is 4. The van der Waals surface area contributed by atoms with Crippen molar-refractivity contribution in [3.05, 3.63) is 27.8 Å². The Morgan fingerprint density at radius 1 is 1.37 bits per heavy atom. The lowest BCUT2D eigenvalue weighted by atomic mass is 10.3. The van der Waals surface area contributed by atoms with E-state index in [4.69, 9.17) is 0 Å². The molecule has 0 aliphatic rings. The molecule has 19 heavy (non-hydrogen) atoms. The Bertz CT molecular complexity index is 573. The van der Waals surface area contributed by atoms with Crippen molar-refractivity contribution in [2.75, 3.05) is 6.54 Å². The van der Waals surface area contributed by atoms with Crippen LogP contribution in [0.1, 0.15) is 0 Å². The molecule has 0 bridgehead atoms. The molecule has 0 amide bonds. The first-order chi connectivity index (χ1) is 8.62. The zero-order valence-electron chi connectivity index (χ0n) is 9.07. The molecule has 0 unspecified atom stereocenters. The zero-order valence-corrected chi connectivity index (χ0v) is 12.0. The Balaban J connectivity index is 2.59. The van der Waals surface area contributed by atoms with Crippen molar-refractivity contribution >= 4 is 38.6 Å². The molecule has 0 fully saturated rings. The molecule has 1 rings (SSSR count). The molecule has 0 saturated carbocycles. The van der Waals surface area contributed by atoms with Gasteiger partial charge in [0.1, 0.15) is 12.3 Å². The zero-order chi connectivity index (χ0) is 14.7. The second kappa shape index (κ2) is 6.05. The normalized spacial score (nSPS) is 12.2. The minimum absolute atomic E-state index is 0.114. The van der Waals surface area contributed by atoms with E-state index in [0.29, 0.717) is 0 Å². The second-order valence-electron chi connectivity index (χ2n) is 3.20. The molecule has 0 heterocycles. The van der Waals surface area contributed by atoms with Gasteiger partial charge < -0.3 is 4.74 Å². The predicted molar refractivity (Wildman–Crippen MR) is 67.8 cm³/mol. The first kappa shape index (κ1) is 16.2. The number of nitrogens with one attached hydrogen (secondary N) is 1. The first-order valence-corrected chi connectivity index (χ1v) is 7.20. The Morgan fingerprint density at radius 2 is 2.00 bits per heavy atom. The lowest BCUT2D eigenvalue weighted by molar-refractivity contribution is -0.133. The number of alkyl halides is 3. The standard InChI is InChI=1S/C9H7F3INO4S/c10-9(11,12)19(16,17)14-5-8(15)18-7-3-1-2-6(13)4-7/h1-4,14H,5H2. The molecule has 0 aliphatic carbocycles. The summed E-state index contributed by atoms with van der Waals surface area (Å²) in [5, 5.41) is 0. The summed E-state index contributed by atoms with van der Waals surface area (Å²) >= 11 is 1.95. The Kier molecular flexibility index (Phi) is 5.15. The van der Waals surface area contributed by atoms with E-state index >= 15 is 0 Å². The van der Waals surface area contributed by atoms with Crippen LogP contribution in [0.15, 0.2) is 24.3 Å². The van der Waals surface area contributed by atoms with Gasteiger partial charge in [-0.1, -0.05) is 6.07 Å². The minimum atomic E-state index is -5.55. The number of carbonyl (C=O) groups is 1. The fourth-order valence-electron chi connectivity index (χ4n) is 0.934. The highest BCUT2D eigenvalue weighted by atomic mass is 127. The highest BCUT2D eigenvalue weighted by Crippen LogP contribution is 2.21. The number of esters is 1. The van der Waals surface area contributed by atoms with Crippen LogP contribution < -0.4 is 9.46 Å². The molecule has 1 aromatic rings. The third-order valence-electron chi connectivity index (χ3n) is 1.74. The Morgan fingerprint density at radius 3 is 2.53 bits per heavy atom. The van der Waals surface area contributed by atoms with Gasteiger partial charge in [-0.15, -0.1) is 0 Å². The molecule has 10 heteroatoms. The number of hydrogen-bond donors (Lipinski definition) is 1. The van der Waals surface area contributed by atoms with Crippen molar-refractivity contribution in [3.8, 4) is 5.75 Å². The Hall–Kier alpha value is -0.880. The predicted octanol–water partition coefficient (Wildman–Crippen LogP) is 1.64. The van der Waals surface area contributed by atoms with Crippen LogP contribution in [0, 0.1) is 3.57 Å². The summed E-state index contributed by atoms with van der Waals surface area (Å²) in [6.07, 6.45) is 0. The van der Waals surface area contributed by atoms with Crippen molar-refractivity contribution in [1.82, 2.24) is 4.72 Å². The molecule has 1 aromatic carbocycles. The van der Waals surface area contributed by atoms with Gasteiger partial charge in [0.2, 0.25) is 0 Å². The smallest absolute Gasteiger partial charge is 0.426 e. The molecule has 0 aliphatic heterocycles. The fraction of sp³-hybridized carbons (Fsp3) is 0.222. The van der Waals surface area contributed by atoms with Crippen LogP contribution >= 0.6 is 22.6 Å². The summed E-state index contributed by atoms with van der Waals surface area (Å²) < 4.78 is 63.6. The van der Waals surface area contributed by atoms with E-state index in [0.717, 1.165) is 8.29 Å². The number of hydrogen-bond acceptors (Lipinski definition) is 4. The van der Waals surface area contributed by atoms with E-state index in [1.165, 1.54) is 12.1 Å². The van der Waals surface area contributed by atoms with Gasteiger partial charge in [-0.3, -0.25) is 4.79 Å². The average Bonchev–Trinajstić information content (AvgIpc) is 2.25. The molecular formula is C9H7F3INO4S. The van der Waals surface area contributed by atoms with E-state index in [9.17, 15) is 26.4 Å². The summed E-state index contributed by atoms with van der Waals surface area (Å²) in [6.45, 7) is -1.10. The lowest BCUT2D eigenvalue weighted by Gasteiger charge is -2.09. The quantitative estimate of drug-likeness (QED) is 0.467. The van der Waals surface area contributed by atoms with Gasteiger partial charge in [0.15, 0.2) is 0 Å². The van der Waals surface area contributed by atoms with Crippen LogP contribution in [0.3, 0.4) is 0 Å². The van der Waals surface area contributed by atoms with Gasteiger partial charge in [-0.2, -0.15) is 17.9 Å². The molecule has 0 saturated heterocycles. The van der Waals surface area contributed by atoms with Crippen LogP contribution in [0.25, 0.3) is 0 Å². The minimum Gasteiger partial charge on any atom is -0.426 e. The summed E-state index contributed by atoms with van der Waals surface area (Å²) in [5.74, 6) is -1.03. The van der Waals surface area contributed by atoms with Crippen molar-refractivity contribution in [2.24, 2.45) is 0 Å². The maximum atomic E-state index is 12.0. The molecule has 0 atom stereocenters. The van der Waals surface area contributed by atoms with Crippen molar-refractivity contribution in [3.63, 3.8) is 0 Å². The van der Waals surface area contributed by atoms with Gasteiger partial charge in [-0.25, -0.2) is 8.42 Å². The monoisotopic (exact) mass is 409 g/mol.